The summed E-state index contributed by atoms with van der Waals surface area (Å²) in [4.78, 5) is 0. The first kappa shape index (κ1) is 16.5. The van der Waals surface area contributed by atoms with Gasteiger partial charge >= 0.3 is 0 Å². The molecule has 0 bridgehead atoms. The standard InChI is InChI=1S/C17H24O3/c1-13(2)8-4-5-9-14(3)20-16-11-7-6-10-15(12-16)17(18)19/h4-5,7,10-12,14,17-19H,1,6,8-9H2,2-3H3. The number of hydrogen-bond acceptors (Lipinski definition) is 3. The second kappa shape index (κ2) is 8.56. The van der Waals surface area contributed by atoms with E-state index in [2.05, 4.69) is 18.7 Å². The van der Waals surface area contributed by atoms with Crippen molar-refractivity contribution >= 4 is 0 Å². The van der Waals surface area contributed by atoms with Crippen LogP contribution in [0.15, 0.2) is 59.9 Å². The SMILES string of the molecule is C=C(C)CC=CCC(C)OC1=CC(C(O)O)=CCC=C1. The van der Waals surface area contributed by atoms with Crippen molar-refractivity contribution in [1.29, 1.82) is 0 Å². The molecule has 0 aliphatic heterocycles. The quantitative estimate of drug-likeness (QED) is 0.553. The van der Waals surface area contributed by atoms with Crippen LogP contribution in [-0.2, 0) is 4.74 Å². The molecule has 0 saturated heterocycles. The van der Waals surface area contributed by atoms with Crippen molar-refractivity contribution in [3.05, 3.63) is 59.9 Å². The molecule has 0 amide bonds. The van der Waals surface area contributed by atoms with Gasteiger partial charge in [-0.15, -0.1) is 0 Å². The van der Waals surface area contributed by atoms with Gasteiger partial charge in [-0.1, -0.05) is 36.5 Å². The molecular formula is C17H24O3. The molecule has 3 nitrogen and oxygen atoms in total. The van der Waals surface area contributed by atoms with Crippen LogP contribution >= 0.6 is 0 Å². The molecule has 0 fully saturated rings. The van der Waals surface area contributed by atoms with Crippen molar-refractivity contribution in [2.24, 2.45) is 0 Å². The van der Waals surface area contributed by atoms with Crippen LogP contribution in [0, 0.1) is 0 Å². The summed E-state index contributed by atoms with van der Waals surface area (Å²) in [6.45, 7) is 7.84. The zero-order valence-electron chi connectivity index (χ0n) is 12.2. The third-order valence-electron chi connectivity index (χ3n) is 2.82. The number of aliphatic hydroxyl groups excluding tert-OH is 1. The minimum absolute atomic E-state index is 0.0301. The van der Waals surface area contributed by atoms with E-state index in [9.17, 15) is 10.2 Å². The smallest absolute Gasteiger partial charge is 0.178 e. The van der Waals surface area contributed by atoms with Crippen LogP contribution in [0.1, 0.15) is 33.1 Å². The molecule has 0 spiro atoms. The summed E-state index contributed by atoms with van der Waals surface area (Å²) < 4.78 is 5.80. The Morgan fingerprint density at radius 1 is 1.45 bits per heavy atom. The minimum atomic E-state index is -1.46. The van der Waals surface area contributed by atoms with Gasteiger partial charge in [0.25, 0.3) is 0 Å². The maximum Gasteiger partial charge on any atom is 0.178 e. The fourth-order valence-electron chi connectivity index (χ4n) is 1.77. The Morgan fingerprint density at radius 3 is 2.85 bits per heavy atom. The summed E-state index contributed by atoms with van der Waals surface area (Å²) in [6, 6.07) is 0. The molecule has 1 unspecified atom stereocenters. The van der Waals surface area contributed by atoms with Gasteiger partial charge in [0, 0.05) is 12.0 Å². The number of ether oxygens (including phenoxy) is 1. The largest absolute Gasteiger partial charge is 0.490 e. The van der Waals surface area contributed by atoms with Gasteiger partial charge in [0.15, 0.2) is 6.29 Å². The van der Waals surface area contributed by atoms with Crippen LogP contribution in [0.4, 0.5) is 0 Å². The van der Waals surface area contributed by atoms with Crippen LogP contribution in [0.25, 0.3) is 0 Å². The maximum atomic E-state index is 9.22. The monoisotopic (exact) mass is 276 g/mol. The van der Waals surface area contributed by atoms with E-state index in [0.29, 0.717) is 17.8 Å². The van der Waals surface area contributed by atoms with Crippen LogP contribution in [0.2, 0.25) is 0 Å². The fraction of sp³-hybridized carbons (Fsp3) is 0.412. The molecular weight excluding hydrogens is 252 g/mol. The Morgan fingerprint density at radius 2 is 2.20 bits per heavy atom. The van der Waals surface area contributed by atoms with Gasteiger partial charge in [0.2, 0.25) is 0 Å². The van der Waals surface area contributed by atoms with Crippen molar-refractivity contribution in [3.63, 3.8) is 0 Å². The van der Waals surface area contributed by atoms with E-state index in [-0.39, 0.29) is 6.10 Å². The summed E-state index contributed by atoms with van der Waals surface area (Å²) in [7, 11) is 0. The molecule has 110 valence electrons. The van der Waals surface area contributed by atoms with Crippen LogP contribution < -0.4 is 0 Å². The summed E-state index contributed by atoms with van der Waals surface area (Å²) >= 11 is 0. The summed E-state index contributed by atoms with van der Waals surface area (Å²) in [6.07, 6.45) is 12.3. The van der Waals surface area contributed by atoms with Gasteiger partial charge in [-0.3, -0.25) is 0 Å². The Kier molecular flexibility index (Phi) is 7.05. The Balaban J connectivity index is 2.52. The van der Waals surface area contributed by atoms with Crippen molar-refractivity contribution in [2.75, 3.05) is 0 Å². The second-order valence-electron chi connectivity index (χ2n) is 5.06. The van der Waals surface area contributed by atoms with Gasteiger partial charge < -0.3 is 14.9 Å². The molecule has 0 aromatic rings. The van der Waals surface area contributed by atoms with E-state index in [0.717, 1.165) is 18.4 Å². The lowest BCUT2D eigenvalue weighted by molar-refractivity contribution is -0.00549. The molecule has 0 radical (unpaired) electrons. The van der Waals surface area contributed by atoms with Crippen molar-refractivity contribution in [1.82, 2.24) is 0 Å². The Hall–Kier alpha value is -1.58. The van der Waals surface area contributed by atoms with E-state index < -0.39 is 6.29 Å². The van der Waals surface area contributed by atoms with Crippen LogP contribution in [-0.4, -0.2) is 22.6 Å². The number of aliphatic hydroxyl groups is 2. The van der Waals surface area contributed by atoms with Crippen LogP contribution in [0.5, 0.6) is 0 Å². The second-order valence-corrected chi connectivity index (χ2v) is 5.06. The molecule has 1 aliphatic rings. The molecule has 2 N–H and O–H groups in total. The lowest BCUT2D eigenvalue weighted by atomic mass is 10.2. The normalized spacial score (nSPS) is 16.9. The Labute approximate surface area is 121 Å². The highest BCUT2D eigenvalue weighted by molar-refractivity contribution is 5.31. The highest BCUT2D eigenvalue weighted by Crippen LogP contribution is 2.17. The first-order chi connectivity index (χ1) is 9.49. The number of allylic oxidation sites excluding steroid dienone is 5. The van der Waals surface area contributed by atoms with Crippen LogP contribution in [0.3, 0.4) is 0 Å². The minimum Gasteiger partial charge on any atom is -0.490 e. The highest BCUT2D eigenvalue weighted by atomic mass is 16.5. The van der Waals surface area contributed by atoms with E-state index >= 15 is 0 Å². The molecule has 0 aromatic heterocycles. The molecule has 1 aliphatic carbocycles. The van der Waals surface area contributed by atoms with Gasteiger partial charge in [0.1, 0.15) is 5.76 Å². The van der Waals surface area contributed by atoms with Gasteiger partial charge in [-0.2, -0.15) is 0 Å². The molecule has 1 rings (SSSR count). The predicted octanol–water partition coefficient (Wildman–Crippen LogP) is 3.38. The fourth-order valence-corrected chi connectivity index (χ4v) is 1.77. The van der Waals surface area contributed by atoms with E-state index in [1.54, 1.807) is 12.2 Å². The lowest BCUT2D eigenvalue weighted by Crippen LogP contribution is -2.09. The van der Waals surface area contributed by atoms with Crippen molar-refractivity contribution in [2.45, 2.75) is 45.5 Å². The molecule has 1 atom stereocenters. The number of rotatable bonds is 7. The number of hydrogen-bond donors (Lipinski definition) is 2. The van der Waals surface area contributed by atoms with E-state index in [4.69, 9.17) is 4.74 Å². The highest BCUT2D eigenvalue weighted by Gasteiger charge is 2.09. The zero-order valence-corrected chi connectivity index (χ0v) is 12.2. The topological polar surface area (TPSA) is 49.7 Å². The summed E-state index contributed by atoms with van der Waals surface area (Å²) in [5.41, 5.74) is 1.60. The van der Waals surface area contributed by atoms with E-state index in [1.165, 1.54) is 0 Å². The first-order valence-corrected chi connectivity index (χ1v) is 6.89. The average molecular weight is 276 g/mol. The van der Waals surface area contributed by atoms with Gasteiger partial charge in [-0.25, -0.2) is 0 Å². The first-order valence-electron chi connectivity index (χ1n) is 6.89. The Bertz CT molecular complexity index is 439. The summed E-state index contributed by atoms with van der Waals surface area (Å²) in [5, 5.41) is 18.4. The molecule has 0 saturated carbocycles. The average Bonchev–Trinajstić information content (AvgIpc) is 2.60. The lowest BCUT2D eigenvalue weighted by Gasteiger charge is -2.14. The molecule has 3 heteroatoms. The van der Waals surface area contributed by atoms with Gasteiger partial charge in [0.05, 0.1) is 6.10 Å². The predicted molar refractivity (Wildman–Crippen MR) is 81.9 cm³/mol. The third kappa shape index (κ3) is 6.55. The van der Waals surface area contributed by atoms with E-state index in [1.807, 2.05) is 26.0 Å². The molecule has 0 heterocycles. The maximum absolute atomic E-state index is 9.22. The molecule has 20 heavy (non-hydrogen) atoms. The van der Waals surface area contributed by atoms with Crippen molar-refractivity contribution < 1.29 is 14.9 Å². The zero-order chi connectivity index (χ0) is 15.0. The van der Waals surface area contributed by atoms with Gasteiger partial charge in [-0.05, 0) is 38.8 Å². The molecule has 0 aromatic carbocycles. The third-order valence-corrected chi connectivity index (χ3v) is 2.82. The van der Waals surface area contributed by atoms with Crippen molar-refractivity contribution in [3.8, 4) is 0 Å². The summed E-state index contributed by atoms with van der Waals surface area (Å²) in [5.74, 6) is 0.655.